The number of benzene rings is 1. The van der Waals surface area contributed by atoms with E-state index in [2.05, 4.69) is 0 Å². The van der Waals surface area contributed by atoms with Crippen molar-refractivity contribution in [1.29, 1.82) is 0 Å². The summed E-state index contributed by atoms with van der Waals surface area (Å²) in [6.07, 6.45) is -4.94. The third kappa shape index (κ3) is 4.96. The van der Waals surface area contributed by atoms with E-state index in [9.17, 15) is 22.5 Å². The van der Waals surface area contributed by atoms with Crippen molar-refractivity contribution in [3.8, 4) is 0 Å². The zero-order valence-electron chi connectivity index (χ0n) is 10.4. The summed E-state index contributed by atoms with van der Waals surface area (Å²) in [7, 11) is -4.66. The van der Waals surface area contributed by atoms with Gasteiger partial charge in [-0.15, -0.1) is 0 Å². The van der Waals surface area contributed by atoms with Gasteiger partial charge < -0.3 is 15.1 Å². The summed E-state index contributed by atoms with van der Waals surface area (Å²) in [5, 5.41) is 2.04. The molecule has 0 aromatic heterocycles. The van der Waals surface area contributed by atoms with Crippen LogP contribution in [0.15, 0.2) is 24.3 Å². The van der Waals surface area contributed by atoms with E-state index in [1.807, 2.05) is 5.32 Å². The van der Waals surface area contributed by atoms with E-state index < -0.39 is 37.4 Å². The van der Waals surface area contributed by atoms with Gasteiger partial charge in [0.2, 0.25) is 5.91 Å². The van der Waals surface area contributed by atoms with E-state index in [1.165, 1.54) is 6.07 Å². The molecule has 0 bridgehead atoms. The molecule has 0 fully saturated rings. The molecule has 1 aromatic carbocycles. The third-order valence-corrected chi connectivity index (χ3v) is 3.58. The highest BCUT2D eigenvalue weighted by atomic mass is 31.2. The third-order valence-electron chi connectivity index (χ3n) is 2.46. The summed E-state index contributed by atoms with van der Waals surface area (Å²) in [6, 6.07) is 4.10. The lowest BCUT2D eigenvalue weighted by Crippen LogP contribution is -2.34. The van der Waals surface area contributed by atoms with Crippen LogP contribution in [0.5, 0.6) is 0 Å². The van der Waals surface area contributed by atoms with Gasteiger partial charge in [0.1, 0.15) is 5.78 Å². The van der Waals surface area contributed by atoms with Gasteiger partial charge >= 0.3 is 13.8 Å². The summed E-state index contributed by atoms with van der Waals surface area (Å²) in [6.45, 7) is 1.06. The summed E-state index contributed by atoms with van der Waals surface area (Å²) < 4.78 is 48.8. The van der Waals surface area contributed by atoms with Crippen LogP contribution in [0.2, 0.25) is 0 Å². The molecule has 0 spiro atoms. The standard InChI is InChI=1S/C11H13F3NO4P/c1-7(16)15-10(20(17,18)19)6-8-3-2-4-9(5-8)11(12,13)14/h2-5,10H,6H2,1H3,(H,15,16)(H2,17,18,19)/t10-/m1/s1. The number of hydrogen-bond acceptors (Lipinski definition) is 2. The molecule has 0 unspecified atom stereocenters. The molecular weight excluding hydrogens is 298 g/mol. The molecule has 9 heteroatoms. The van der Waals surface area contributed by atoms with Crippen LogP contribution in [0.25, 0.3) is 0 Å². The highest BCUT2D eigenvalue weighted by Gasteiger charge is 2.32. The van der Waals surface area contributed by atoms with Gasteiger partial charge in [-0.2, -0.15) is 13.2 Å². The average Bonchev–Trinajstić information content (AvgIpc) is 2.25. The first kappa shape index (κ1) is 16.7. The molecule has 3 N–H and O–H groups in total. The molecule has 0 aliphatic heterocycles. The first-order chi connectivity index (χ1) is 9.00. The second-order valence-corrected chi connectivity index (χ2v) is 6.01. The molecule has 1 amide bonds. The maximum atomic E-state index is 12.5. The van der Waals surface area contributed by atoms with Crippen LogP contribution in [0.4, 0.5) is 13.2 Å². The topological polar surface area (TPSA) is 86.6 Å². The predicted molar refractivity (Wildman–Crippen MR) is 64.8 cm³/mol. The molecule has 0 saturated carbocycles. The van der Waals surface area contributed by atoms with Gasteiger partial charge in [-0.1, -0.05) is 18.2 Å². The van der Waals surface area contributed by atoms with Gasteiger partial charge in [0.25, 0.3) is 0 Å². The highest BCUT2D eigenvalue weighted by molar-refractivity contribution is 7.52. The van der Waals surface area contributed by atoms with Crippen molar-refractivity contribution in [2.24, 2.45) is 0 Å². The number of carbonyl (C=O) groups excluding carboxylic acids is 1. The van der Waals surface area contributed by atoms with E-state index in [4.69, 9.17) is 9.79 Å². The Bertz CT molecular complexity index is 541. The SMILES string of the molecule is CC(=O)N[C@@H](Cc1cccc(C(F)(F)F)c1)P(=O)(O)O. The van der Waals surface area contributed by atoms with Crippen LogP contribution >= 0.6 is 7.60 Å². The normalized spacial score (nSPS) is 13.9. The molecule has 0 aliphatic rings. The summed E-state index contributed by atoms with van der Waals surface area (Å²) in [5.41, 5.74) is -0.843. The smallest absolute Gasteiger partial charge is 0.342 e. The van der Waals surface area contributed by atoms with Crippen LogP contribution in [-0.2, 0) is 22.0 Å². The van der Waals surface area contributed by atoms with Gasteiger partial charge in [-0.25, -0.2) is 0 Å². The van der Waals surface area contributed by atoms with Crippen molar-refractivity contribution in [2.45, 2.75) is 25.3 Å². The van der Waals surface area contributed by atoms with Crippen LogP contribution in [0, 0.1) is 0 Å². The minimum Gasteiger partial charge on any atom is -0.342 e. The van der Waals surface area contributed by atoms with Crippen molar-refractivity contribution < 1.29 is 32.3 Å². The van der Waals surface area contributed by atoms with Crippen molar-refractivity contribution in [2.75, 3.05) is 0 Å². The minimum atomic E-state index is -4.66. The molecule has 0 aliphatic carbocycles. The van der Waals surface area contributed by atoms with E-state index in [0.29, 0.717) is 0 Å². The Labute approximate surface area is 113 Å². The molecule has 5 nitrogen and oxygen atoms in total. The summed E-state index contributed by atoms with van der Waals surface area (Å²) in [4.78, 5) is 29.1. The van der Waals surface area contributed by atoms with Crippen LogP contribution in [-0.4, -0.2) is 21.5 Å². The first-order valence-electron chi connectivity index (χ1n) is 5.48. The zero-order valence-corrected chi connectivity index (χ0v) is 11.3. The van der Waals surface area contributed by atoms with Crippen LogP contribution in [0.3, 0.4) is 0 Å². The van der Waals surface area contributed by atoms with Gasteiger partial charge in [-0.3, -0.25) is 9.36 Å². The lowest BCUT2D eigenvalue weighted by atomic mass is 10.1. The Morgan fingerprint density at radius 3 is 2.45 bits per heavy atom. The van der Waals surface area contributed by atoms with Gasteiger partial charge in [0, 0.05) is 13.3 Å². The lowest BCUT2D eigenvalue weighted by molar-refractivity contribution is -0.137. The number of hydrogen-bond donors (Lipinski definition) is 3. The molecule has 0 heterocycles. The monoisotopic (exact) mass is 311 g/mol. The molecule has 1 atom stereocenters. The number of rotatable bonds is 4. The van der Waals surface area contributed by atoms with Gasteiger partial charge in [-0.05, 0) is 11.6 Å². The second kappa shape index (κ2) is 5.95. The molecule has 1 aromatic rings. The number of halogens is 3. The van der Waals surface area contributed by atoms with Crippen LogP contribution in [0.1, 0.15) is 18.1 Å². The summed E-state index contributed by atoms with van der Waals surface area (Å²) in [5.74, 6) is -2.23. The Balaban J connectivity index is 3.00. The maximum Gasteiger partial charge on any atom is 0.416 e. The Kier molecular flexibility index (Phi) is 4.96. The van der Waals surface area contributed by atoms with Gasteiger partial charge in [0.15, 0.2) is 0 Å². The highest BCUT2D eigenvalue weighted by Crippen LogP contribution is 2.41. The van der Waals surface area contributed by atoms with E-state index in [1.54, 1.807) is 0 Å². The fourth-order valence-electron chi connectivity index (χ4n) is 1.59. The van der Waals surface area contributed by atoms with Gasteiger partial charge in [0.05, 0.1) is 5.56 Å². The number of alkyl halides is 3. The van der Waals surface area contributed by atoms with E-state index in [0.717, 1.165) is 25.1 Å². The van der Waals surface area contributed by atoms with Crippen molar-refractivity contribution in [3.05, 3.63) is 35.4 Å². The van der Waals surface area contributed by atoms with E-state index >= 15 is 0 Å². The fraction of sp³-hybridized carbons (Fsp3) is 0.364. The number of carbonyl (C=O) groups is 1. The quantitative estimate of drug-likeness (QED) is 0.741. The fourth-order valence-corrected chi connectivity index (χ4v) is 2.39. The molecule has 0 saturated heterocycles. The first-order valence-corrected chi connectivity index (χ1v) is 7.17. The maximum absolute atomic E-state index is 12.5. The largest absolute Gasteiger partial charge is 0.416 e. The summed E-state index contributed by atoms with van der Waals surface area (Å²) >= 11 is 0. The molecular formula is C11H13F3NO4P. The van der Waals surface area contributed by atoms with Crippen molar-refractivity contribution in [1.82, 2.24) is 5.32 Å². The molecule has 112 valence electrons. The molecule has 20 heavy (non-hydrogen) atoms. The van der Waals surface area contributed by atoms with E-state index in [-0.39, 0.29) is 5.56 Å². The minimum absolute atomic E-state index is 0.0712. The second-order valence-electron chi connectivity index (χ2n) is 4.21. The Morgan fingerprint density at radius 2 is 2.00 bits per heavy atom. The van der Waals surface area contributed by atoms with Crippen molar-refractivity contribution >= 4 is 13.5 Å². The molecule has 1 rings (SSSR count). The Morgan fingerprint density at radius 1 is 1.40 bits per heavy atom. The molecule has 0 radical (unpaired) electrons. The number of nitrogens with one attached hydrogen (secondary N) is 1. The zero-order chi connectivity index (χ0) is 15.6. The average molecular weight is 311 g/mol. The predicted octanol–water partition coefficient (Wildman–Crippen LogP) is 1.89. The number of amides is 1. The van der Waals surface area contributed by atoms with Crippen LogP contribution < -0.4 is 5.32 Å². The lowest BCUT2D eigenvalue weighted by Gasteiger charge is -2.19. The van der Waals surface area contributed by atoms with Crippen molar-refractivity contribution in [3.63, 3.8) is 0 Å². The Hall–Kier alpha value is -1.37.